The molecule has 1 aromatic carbocycles. The number of nitrogens with one attached hydrogen (secondary N) is 2. The van der Waals surface area contributed by atoms with Crippen LogP contribution in [0.1, 0.15) is 0 Å². The quantitative estimate of drug-likeness (QED) is 0.622. The van der Waals surface area contributed by atoms with E-state index in [0.717, 1.165) is 0 Å². The Labute approximate surface area is 92.7 Å². The molecular weight excluding hydrogens is 232 g/mol. The highest BCUT2D eigenvalue weighted by molar-refractivity contribution is 6.31. The fourth-order valence-corrected chi connectivity index (χ4v) is 1.82. The lowest BCUT2D eigenvalue weighted by atomic mass is 10.2. The van der Waals surface area contributed by atoms with Crippen molar-refractivity contribution in [2.45, 2.75) is 0 Å². The predicted octanol–water partition coefficient (Wildman–Crippen LogP) is 1.62. The van der Waals surface area contributed by atoms with Crippen LogP contribution >= 0.6 is 11.6 Å². The van der Waals surface area contributed by atoms with Crippen molar-refractivity contribution in [3.63, 3.8) is 0 Å². The summed E-state index contributed by atoms with van der Waals surface area (Å²) >= 11 is 5.80. The minimum atomic E-state index is -0.560. The van der Waals surface area contributed by atoms with Crippen molar-refractivity contribution in [1.29, 1.82) is 0 Å². The second-order valence-corrected chi connectivity index (χ2v) is 3.79. The third kappa shape index (κ3) is 1.18. The van der Waals surface area contributed by atoms with Gasteiger partial charge in [0, 0.05) is 16.5 Å². The highest BCUT2D eigenvalue weighted by Gasteiger charge is 2.11. The molecule has 3 rings (SSSR count). The van der Waals surface area contributed by atoms with Crippen LogP contribution in [0.25, 0.3) is 22.1 Å². The molecule has 3 aromatic rings. The van der Waals surface area contributed by atoms with Gasteiger partial charge >= 0.3 is 5.69 Å². The summed E-state index contributed by atoms with van der Waals surface area (Å²) in [5, 5.41) is 1.16. The topological polar surface area (TPSA) is 78.9 Å². The van der Waals surface area contributed by atoms with E-state index < -0.39 is 11.2 Å². The van der Waals surface area contributed by atoms with Gasteiger partial charge in [-0.1, -0.05) is 11.6 Å². The molecule has 0 amide bonds. The van der Waals surface area contributed by atoms with Crippen LogP contribution in [0.15, 0.2) is 32.2 Å². The second kappa shape index (κ2) is 2.99. The Morgan fingerprint density at radius 3 is 2.81 bits per heavy atom. The molecule has 16 heavy (non-hydrogen) atoms. The van der Waals surface area contributed by atoms with E-state index in [1.54, 1.807) is 18.2 Å². The predicted molar refractivity (Wildman–Crippen MR) is 60.0 cm³/mol. The normalized spacial score (nSPS) is 11.3. The number of aromatic nitrogens is 2. The molecule has 0 saturated heterocycles. The highest BCUT2D eigenvalue weighted by Crippen LogP contribution is 2.26. The number of hydrogen-bond acceptors (Lipinski definition) is 3. The fraction of sp³-hybridized carbons (Fsp3) is 0. The van der Waals surface area contributed by atoms with Gasteiger partial charge in [-0.3, -0.25) is 9.78 Å². The molecule has 0 spiro atoms. The van der Waals surface area contributed by atoms with E-state index in [-0.39, 0.29) is 5.58 Å². The van der Waals surface area contributed by atoms with Gasteiger partial charge in [0.15, 0.2) is 0 Å². The Morgan fingerprint density at radius 2 is 2.00 bits per heavy atom. The molecule has 0 bridgehead atoms. The summed E-state index contributed by atoms with van der Waals surface area (Å²) in [7, 11) is 0. The number of hydrogen-bond donors (Lipinski definition) is 2. The molecule has 0 aliphatic rings. The van der Waals surface area contributed by atoms with Gasteiger partial charge < -0.3 is 9.40 Å². The molecule has 0 atom stereocenters. The Hall–Kier alpha value is -2.01. The number of aromatic amines is 2. The number of halogens is 1. The molecule has 0 aliphatic carbocycles. The molecule has 80 valence electrons. The molecule has 2 N–H and O–H groups in total. The van der Waals surface area contributed by atoms with Crippen LogP contribution in [0.2, 0.25) is 5.02 Å². The van der Waals surface area contributed by atoms with Gasteiger partial charge in [-0.05, 0) is 12.1 Å². The van der Waals surface area contributed by atoms with E-state index in [4.69, 9.17) is 16.0 Å². The van der Waals surface area contributed by atoms with Crippen molar-refractivity contribution >= 4 is 33.7 Å². The summed E-state index contributed by atoms with van der Waals surface area (Å²) < 4.78 is 5.32. The van der Waals surface area contributed by atoms with E-state index in [1.807, 2.05) is 0 Å². The van der Waals surface area contributed by atoms with Crippen LogP contribution in [0, 0.1) is 0 Å². The van der Waals surface area contributed by atoms with Gasteiger partial charge in [0.25, 0.3) is 5.56 Å². The van der Waals surface area contributed by atoms with E-state index in [1.165, 1.54) is 0 Å². The molecule has 0 aliphatic heterocycles. The fourth-order valence-electron chi connectivity index (χ4n) is 1.66. The Kier molecular flexibility index (Phi) is 1.73. The van der Waals surface area contributed by atoms with Gasteiger partial charge in [-0.25, -0.2) is 4.79 Å². The number of H-pyrrole nitrogens is 2. The zero-order valence-corrected chi connectivity index (χ0v) is 8.59. The van der Waals surface area contributed by atoms with Crippen LogP contribution < -0.4 is 11.2 Å². The summed E-state index contributed by atoms with van der Waals surface area (Å²) in [4.78, 5) is 27.2. The minimum absolute atomic E-state index is 0.0943. The molecule has 2 aromatic heterocycles. The summed E-state index contributed by atoms with van der Waals surface area (Å²) in [5.74, 6) is 0. The molecule has 0 unspecified atom stereocenters. The lowest BCUT2D eigenvalue weighted by molar-refractivity contribution is 0.660. The third-order valence-corrected chi connectivity index (χ3v) is 2.56. The van der Waals surface area contributed by atoms with Crippen molar-refractivity contribution in [2.75, 3.05) is 0 Å². The number of furan rings is 1. The lowest BCUT2D eigenvalue weighted by Crippen LogP contribution is -2.20. The summed E-state index contributed by atoms with van der Waals surface area (Å²) in [6.45, 7) is 0. The third-order valence-electron chi connectivity index (χ3n) is 2.32. The van der Waals surface area contributed by atoms with Crippen molar-refractivity contribution in [1.82, 2.24) is 9.97 Å². The van der Waals surface area contributed by atoms with Crippen LogP contribution in [-0.4, -0.2) is 9.97 Å². The maximum Gasteiger partial charge on any atom is 0.326 e. The first-order valence-corrected chi connectivity index (χ1v) is 4.87. The Morgan fingerprint density at radius 1 is 1.19 bits per heavy atom. The van der Waals surface area contributed by atoms with Crippen molar-refractivity contribution < 1.29 is 4.42 Å². The minimum Gasteiger partial charge on any atom is -0.449 e. The zero-order chi connectivity index (χ0) is 11.3. The average Bonchev–Trinajstić information content (AvgIpc) is 2.56. The first-order chi connectivity index (χ1) is 7.65. The molecule has 6 heteroatoms. The van der Waals surface area contributed by atoms with E-state index in [9.17, 15) is 9.59 Å². The molecule has 5 nitrogen and oxygen atoms in total. The number of benzene rings is 1. The van der Waals surface area contributed by atoms with E-state index >= 15 is 0 Å². The molecule has 2 heterocycles. The maximum absolute atomic E-state index is 11.5. The standard InChI is InChI=1S/C10H5ClN2O3/c11-4-1-2-5-6(3-4)16-8-7(5)12-10(15)13-9(8)14/h1-3H,(H2,12,13,14,15). The van der Waals surface area contributed by atoms with Crippen LogP contribution in [0.3, 0.4) is 0 Å². The van der Waals surface area contributed by atoms with E-state index in [2.05, 4.69) is 9.97 Å². The molecular formula is C10H5ClN2O3. The molecule has 0 saturated carbocycles. The Bertz CT molecular complexity index is 812. The van der Waals surface area contributed by atoms with Crippen LogP contribution in [-0.2, 0) is 0 Å². The van der Waals surface area contributed by atoms with Gasteiger partial charge in [0.05, 0.1) is 0 Å². The number of rotatable bonds is 0. The lowest BCUT2D eigenvalue weighted by Gasteiger charge is -1.88. The second-order valence-electron chi connectivity index (χ2n) is 3.35. The number of fused-ring (bicyclic) bond motifs is 3. The summed E-state index contributed by atoms with van der Waals surface area (Å²) in [6, 6.07) is 4.95. The van der Waals surface area contributed by atoms with Crippen LogP contribution in [0.5, 0.6) is 0 Å². The smallest absolute Gasteiger partial charge is 0.326 e. The Balaban J connectivity index is 2.66. The zero-order valence-electron chi connectivity index (χ0n) is 7.83. The molecule has 0 fully saturated rings. The van der Waals surface area contributed by atoms with Gasteiger partial charge in [-0.2, -0.15) is 0 Å². The maximum atomic E-state index is 11.5. The highest BCUT2D eigenvalue weighted by atomic mass is 35.5. The van der Waals surface area contributed by atoms with E-state index in [0.29, 0.717) is 21.5 Å². The van der Waals surface area contributed by atoms with Crippen molar-refractivity contribution in [3.8, 4) is 0 Å². The van der Waals surface area contributed by atoms with Crippen LogP contribution in [0.4, 0.5) is 0 Å². The molecule has 0 radical (unpaired) electrons. The first-order valence-electron chi connectivity index (χ1n) is 4.49. The monoisotopic (exact) mass is 236 g/mol. The van der Waals surface area contributed by atoms with Crippen molar-refractivity contribution in [3.05, 3.63) is 44.1 Å². The van der Waals surface area contributed by atoms with Gasteiger partial charge in [0.1, 0.15) is 11.1 Å². The van der Waals surface area contributed by atoms with Gasteiger partial charge in [0.2, 0.25) is 5.58 Å². The largest absolute Gasteiger partial charge is 0.449 e. The first kappa shape index (κ1) is 9.23. The summed E-state index contributed by atoms with van der Waals surface area (Å²) in [6.07, 6.45) is 0. The van der Waals surface area contributed by atoms with Crippen molar-refractivity contribution in [2.24, 2.45) is 0 Å². The van der Waals surface area contributed by atoms with Gasteiger partial charge in [-0.15, -0.1) is 0 Å². The average molecular weight is 237 g/mol. The SMILES string of the molecule is O=c1[nH]c(=O)c2oc3cc(Cl)ccc3c2[nH]1. The summed E-state index contributed by atoms with van der Waals surface area (Å²) in [5.41, 5.74) is -0.159.